The van der Waals surface area contributed by atoms with Crippen molar-refractivity contribution in [1.29, 1.82) is 0 Å². The van der Waals surface area contributed by atoms with Gasteiger partial charge in [-0.15, -0.1) is 0 Å². The fourth-order valence-electron chi connectivity index (χ4n) is 3.36. The highest BCUT2D eigenvalue weighted by Crippen LogP contribution is 2.30. The summed E-state index contributed by atoms with van der Waals surface area (Å²) in [4.78, 5) is 14.7. The Balaban J connectivity index is 1.40. The van der Waals surface area contributed by atoms with E-state index in [9.17, 15) is 4.79 Å². The van der Waals surface area contributed by atoms with Gasteiger partial charge >= 0.3 is 6.03 Å². The van der Waals surface area contributed by atoms with Crippen molar-refractivity contribution in [3.8, 4) is 11.1 Å². The SMILES string of the molecule is O=C(Nc1ccc(-c2ccccc2)cc1)N(C[C@H]1CCOC1)C1CC1. The molecule has 0 aromatic heterocycles. The molecule has 4 heteroatoms. The van der Waals surface area contributed by atoms with Crippen molar-refractivity contribution in [2.45, 2.75) is 25.3 Å². The number of carbonyl (C=O) groups is 1. The summed E-state index contributed by atoms with van der Waals surface area (Å²) in [5.41, 5.74) is 3.18. The van der Waals surface area contributed by atoms with Crippen LogP contribution in [0.5, 0.6) is 0 Å². The number of amides is 2. The Hall–Kier alpha value is -2.33. The summed E-state index contributed by atoms with van der Waals surface area (Å²) < 4.78 is 5.45. The van der Waals surface area contributed by atoms with Crippen LogP contribution < -0.4 is 5.32 Å². The maximum Gasteiger partial charge on any atom is 0.322 e. The predicted molar refractivity (Wildman–Crippen MR) is 99.6 cm³/mol. The Labute approximate surface area is 148 Å². The van der Waals surface area contributed by atoms with Crippen molar-refractivity contribution in [3.05, 3.63) is 54.6 Å². The summed E-state index contributed by atoms with van der Waals surface area (Å²) >= 11 is 0. The molecule has 1 saturated heterocycles. The van der Waals surface area contributed by atoms with Crippen LogP contribution >= 0.6 is 0 Å². The van der Waals surface area contributed by atoms with E-state index in [4.69, 9.17) is 4.74 Å². The molecule has 1 saturated carbocycles. The molecule has 1 N–H and O–H groups in total. The van der Waals surface area contributed by atoms with Gasteiger partial charge in [0.25, 0.3) is 0 Å². The maximum atomic E-state index is 12.7. The molecular weight excluding hydrogens is 312 g/mol. The van der Waals surface area contributed by atoms with E-state index in [1.54, 1.807) is 0 Å². The highest BCUT2D eigenvalue weighted by Gasteiger charge is 2.34. The fraction of sp³-hybridized carbons (Fsp3) is 0.381. The quantitative estimate of drug-likeness (QED) is 0.880. The topological polar surface area (TPSA) is 41.6 Å². The van der Waals surface area contributed by atoms with E-state index in [1.807, 2.05) is 35.2 Å². The zero-order valence-corrected chi connectivity index (χ0v) is 14.4. The van der Waals surface area contributed by atoms with Gasteiger partial charge in [0.05, 0.1) is 6.61 Å². The van der Waals surface area contributed by atoms with E-state index < -0.39 is 0 Å². The average Bonchev–Trinajstić information content (AvgIpc) is 3.36. The summed E-state index contributed by atoms with van der Waals surface area (Å²) in [7, 11) is 0. The molecule has 1 aliphatic heterocycles. The number of rotatable bonds is 5. The Morgan fingerprint density at radius 1 is 1.00 bits per heavy atom. The van der Waals surface area contributed by atoms with Crippen molar-refractivity contribution >= 4 is 11.7 Å². The zero-order chi connectivity index (χ0) is 17.1. The summed E-state index contributed by atoms with van der Waals surface area (Å²) in [6.45, 7) is 2.41. The lowest BCUT2D eigenvalue weighted by molar-refractivity contribution is 0.167. The standard InChI is InChI=1S/C21H24N2O2/c24-21(23(20-10-11-20)14-16-12-13-25-15-16)22-19-8-6-18(7-9-19)17-4-2-1-3-5-17/h1-9,16,20H,10-15H2,(H,22,24)/t16-/m1/s1. The molecule has 2 amide bonds. The summed E-state index contributed by atoms with van der Waals surface area (Å²) in [6.07, 6.45) is 3.30. The second-order valence-electron chi connectivity index (χ2n) is 6.99. The minimum atomic E-state index is 0.0156. The normalized spacial score (nSPS) is 19.6. The smallest absolute Gasteiger partial charge is 0.322 e. The highest BCUT2D eigenvalue weighted by atomic mass is 16.5. The third-order valence-corrected chi connectivity index (χ3v) is 4.97. The molecule has 4 nitrogen and oxygen atoms in total. The zero-order valence-electron chi connectivity index (χ0n) is 14.4. The third-order valence-electron chi connectivity index (χ3n) is 4.97. The molecule has 1 aliphatic carbocycles. The Bertz CT molecular complexity index is 704. The van der Waals surface area contributed by atoms with Gasteiger partial charge < -0.3 is 15.0 Å². The van der Waals surface area contributed by atoms with Gasteiger partial charge in [0.15, 0.2) is 0 Å². The number of anilines is 1. The Morgan fingerprint density at radius 3 is 2.36 bits per heavy atom. The average molecular weight is 336 g/mol. The van der Waals surface area contributed by atoms with Crippen molar-refractivity contribution in [2.24, 2.45) is 5.92 Å². The van der Waals surface area contributed by atoms with Crippen molar-refractivity contribution in [3.63, 3.8) is 0 Å². The molecule has 0 spiro atoms. The number of nitrogens with zero attached hydrogens (tertiary/aromatic N) is 1. The van der Waals surface area contributed by atoms with Crippen LogP contribution in [0.25, 0.3) is 11.1 Å². The molecular formula is C21H24N2O2. The molecule has 2 fully saturated rings. The first-order valence-corrected chi connectivity index (χ1v) is 9.10. The summed E-state index contributed by atoms with van der Waals surface area (Å²) in [5.74, 6) is 0.479. The monoisotopic (exact) mass is 336 g/mol. The molecule has 0 unspecified atom stereocenters. The van der Waals surface area contributed by atoms with Gasteiger partial charge in [-0.25, -0.2) is 4.79 Å². The number of benzene rings is 2. The van der Waals surface area contributed by atoms with Gasteiger partial charge in [-0.2, -0.15) is 0 Å². The molecule has 2 aliphatic rings. The number of carbonyl (C=O) groups excluding carboxylic acids is 1. The second kappa shape index (κ2) is 7.28. The second-order valence-corrected chi connectivity index (χ2v) is 6.99. The van der Waals surface area contributed by atoms with E-state index in [-0.39, 0.29) is 6.03 Å². The largest absolute Gasteiger partial charge is 0.381 e. The van der Waals surface area contributed by atoms with Crippen molar-refractivity contribution in [1.82, 2.24) is 4.90 Å². The van der Waals surface area contributed by atoms with Crippen LogP contribution in [-0.2, 0) is 4.74 Å². The molecule has 0 radical (unpaired) electrons. The van der Waals surface area contributed by atoms with E-state index >= 15 is 0 Å². The number of ether oxygens (including phenoxy) is 1. The van der Waals surface area contributed by atoms with E-state index in [0.717, 1.165) is 50.3 Å². The van der Waals surface area contributed by atoms with Gasteiger partial charge in [0.1, 0.15) is 0 Å². The van der Waals surface area contributed by atoms with Gasteiger partial charge in [0, 0.05) is 30.8 Å². The molecule has 4 rings (SSSR count). The molecule has 1 atom stereocenters. The van der Waals surface area contributed by atoms with Crippen LogP contribution in [0.1, 0.15) is 19.3 Å². The minimum absolute atomic E-state index is 0.0156. The Morgan fingerprint density at radius 2 is 1.72 bits per heavy atom. The molecule has 2 aromatic rings. The molecule has 25 heavy (non-hydrogen) atoms. The van der Waals surface area contributed by atoms with Crippen LogP contribution in [0.15, 0.2) is 54.6 Å². The minimum Gasteiger partial charge on any atom is -0.381 e. The predicted octanol–water partition coefficient (Wildman–Crippen LogP) is 4.39. The maximum absolute atomic E-state index is 12.7. The van der Waals surface area contributed by atoms with Crippen LogP contribution in [0.2, 0.25) is 0 Å². The lowest BCUT2D eigenvalue weighted by Gasteiger charge is -2.25. The number of hydrogen-bond acceptors (Lipinski definition) is 2. The van der Waals surface area contributed by atoms with E-state index in [2.05, 4.69) is 29.6 Å². The van der Waals surface area contributed by atoms with Crippen LogP contribution in [0.3, 0.4) is 0 Å². The van der Waals surface area contributed by atoms with Gasteiger partial charge in [-0.05, 0) is 42.5 Å². The first kappa shape index (κ1) is 16.2. The highest BCUT2D eigenvalue weighted by molar-refractivity contribution is 5.90. The van der Waals surface area contributed by atoms with Crippen LogP contribution in [0.4, 0.5) is 10.5 Å². The van der Waals surface area contributed by atoms with Gasteiger partial charge in [0.2, 0.25) is 0 Å². The van der Waals surface area contributed by atoms with E-state index in [1.165, 1.54) is 5.56 Å². The first-order valence-electron chi connectivity index (χ1n) is 9.10. The molecule has 1 heterocycles. The number of nitrogens with one attached hydrogen (secondary N) is 1. The van der Waals surface area contributed by atoms with Crippen LogP contribution in [0, 0.1) is 5.92 Å². The molecule has 0 bridgehead atoms. The lowest BCUT2D eigenvalue weighted by Crippen LogP contribution is -2.40. The summed E-state index contributed by atoms with van der Waals surface area (Å²) in [5, 5.41) is 3.06. The Kier molecular flexibility index (Phi) is 4.70. The van der Waals surface area contributed by atoms with Gasteiger partial charge in [-0.1, -0.05) is 42.5 Å². The molecule has 130 valence electrons. The first-order chi connectivity index (χ1) is 12.3. The summed E-state index contributed by atoms with van der Waals surface area (Å²) in [6, 6.07) is 18.7. The lowest BCUT2D eigenvalue weighted by atomic mass is 10.1. The van der Waals surface area contributed by atoms with Crippen molar-refractivity contribution in [2.75, 3.05) is 25.1 Å². The van der Waals surface area contributed by atoms with Crippen molar-refractivity contribution < 1.29 is 9.53 Å². The number of urea groups is 1. The van der Waals surface area contributed by atoms with Gasteiger partial charge in [-0.3, -0.25) is 0 Å². The molecule has 2 aromatic carbocycles. The van der Waals surface area contributed by atoms with E-state index in [0.29, 0.717) is 12.0 Å². The van der Waals surface area contributed by atoms with Crippen LogP contribution in [-0.4, -0.2) is 36.7 Å². The fourth-order valence-corrected chi connectivity index (χ4v) is 3.36. The third kappa shape index (κ3) is 4.02. The number of hydrogen-bond donors (Lipinski definition) is 1.